The summed E-state index contributed by atoms with van der Waals surface area (Å²) < 4.78 is 6.41. The van der Waals surface area contributed by atoms with Crippen LogP contribution in [-0.4, -0.2) is 12.1 Å². The second kappa shape index (κ2) is 9.56. The molecule has 1 aromatic rings. The third-order valence-corrected chi connectivity index (χ3v) is 4.38. The van der Waals surface area contributed by atoms with Crippen molar-refractivity contribution in [3.8, 4) is 0 Å². The predicted molar refractivity (Wildman–Crippen MR) is 97.4 cm³/mol. The minimum Gasteiger partial charge on any atom is -0.445 e. The summed E-state index contributed by atoms with van der Waals surface area (Å²) in [4.78, 5) is 11.9. The van der Waals surface area contributed by atoms with E-state index in [1.54, 1.807) is 0 Å². The van der Waals surface area contributed by atoms with Crippen molar-refractivity contribution in [2.75, 3.05) is 0 Å². The molecule has 124 valence electrons. The first-order chi connectivity index (χ1) is 11.2. The largest absolute Gasteiger partial charge is 0.445 e. The summed E-state index contributed by atoms with van der Waals surface area (Å²) in [5.74, 6) is 0. The van der Waals surface area contributed by atoms with Crippen LogP contribution < -0.4 is 5.32 Å². The number of carbonyl (C=O) groups is 1. The second-order valence-electron chi connectivity index (χ2n) is 5.83. The van der Waals surface area contributed by atoms with E-state index in [4.69, 9.17) is 4.74 Å². The number of hydrogen-bond donors (Lipinski definition) is 1. The summed E-state index contributed by atoms with van der Waals surface area (Å²) in [6.45, 7) is 2.48. The third kappa shape index (κ3) is 6.61. The Hall–Kier alpha value is -1.55. The molecule has 0 unspecified atom stereocenters. The molecule has 1 aliphatic carbocycles. The molecule has 1 atom stereocenters. The molecule has 0 bridgehead atoms. The van der Waals surface area contributed by atoms with E-state index in [-0.39, 0.29) is 12.1 Å². The molecule has 0 spiro atoms. The van der Waals surface area contributed by atoms with Crippen LogP contribution in [0.4, 0.5) is 4.79 Å². The van der Waals surface area contributed by atoms with E-state index in [1.807, 2.05) is 30.3 Å². The predicted octanol–water partition coefficient (Wildman–Crippen LogP) is 5.47. The molecular weight excluding hydrogens is 354 g/mol. The molecule has 3 nitrogen and oxygen atoms in total. The standard InChI is InChI=1S/C19H24BrNO2/c1-2-3-9-17(20)12-16-10-11-18(13-16)21-19(22)23-14-15-7-5-4-6-8-15/h4-9,12,18H,2-3,10-11,13-14H2,1H3,(H,21,22)/b16-12+,17-9+/t18-/m0/s1. The molecule has 1 N–H and O–H groups in total. The van der Waals surface area contributed by atoms with E-state index in [9.17, 15) is 4.79 Å². The Bertz CT molecular complexity index is 566. The Kier molecular flexibility index (Phi) is 7.40. The van der Waals surface area contributed by atoms with Crippen molar-refractivity contribution < 1.29 is 9.53 Å². The van der Waals surface area contributed by atoms with E-state index in [0.29, 0.717) is 6.61 Å². The van der Waals surface area contributed by atoms with E-state index in [2.05, 4.69) is 40.3 Å². The summed E-state index contributed by atoms with van der Waals surface area (Å²) in [6, 6.07) is 9.90. The van der Waals surface area contributed by atoms with Gasteiger partial charge >= 0.3 is 6.09 Å². The maximum Gasteiger partial charge on any atom is 0.407 e. The van der Waals surface area contributed by atoms with Crippen LogP contribution in [0.1, 0.15) is 44.6 Å². The van der Waals surface area contributed by atoms with Crippen molar-refractivity contribution in [3.63, 3.8) is 0 Å². The Balaban J connectivity index is 1.74. The van der Waals surface area contributed by atoms with Gasteiger partial charge in [0.25, 0.3) is 0 Å². The lowest BCUT2D eigenvalue weighted by Crippen LogP contribution is -2.33. The molecule has 1 fully saturated rings. The van der Waals surface area contributed by atoms with E-state index in [0.717, 1.165) is 42.1 Å². The molecular formula is C19H24BrNO2. The number of benzene rings is 1. The number of alkyl carbamates (subject to hydrolysis) is 1. The highest BCUT2D eigenvalue weighted by molar-refractivity contribution is 9.11. The molecule has 0 aromatic heterocycles. The lowest BCUT2D eigenvalue weighted by atomic mass is 10.2. The molecule has 1 amide bonds. The summed E-state index contributed by atoms with van der Waals surface area (Å²) in [5.41, 5.74) is 2.37. The highest BCUT2D eigenvalue weighted by Crippen LogP contribution is 2.27. The van der Waals surface area contributed by atoms with Crippen molar-refractivity contribution in [2.24, 2.45) is 0 Å². The average molecular weight is 378 g/mol. The zero-order valence-corrected chi connectivity index (χ0v) is 15.1. The van der Waals surface area contributed by atoms with Gasteiger partial charge in [-0.15, -0.1) is 0 Å². The molecule has 0 aliphatic heterocycles. The summed E-state index contributed by atoms with van der Waals surface area (Å²) in [5, 5.41) is 2.96. The van der Waals surface area contributed by atoms with Crippen LogP contribution in [0.25, 0.3) is 0 Å². The van der Waals surface area contributed by atoms with Gasteiger partial charge in [-0.25, -0.2) is 4.79 Å². The Morgan fingerprint density at radius 1 is 1.39 bits per heavy atom. The summed E-state index contributed by atoms with van der Waals surface area (Å²) >= 11 is 3.58. The monoisotopic (exact) mass is 377 g/mol. The van der Waals surface area contributed by atoms with Gasteiger partial charge < -0.3 is 10.1 Å². The topological polar surface area (TPSA) is 38.3 Å². The van der Waals surface area contributed by atoms with Crippen molar-refractivity contribution in [1.82, 2.24) is 5.32 Å². The van der Waals surface area contributed by atoms with E-state index in [1.165, 1.54) is 5.57 Å². The van der Waals surface area contributed by atoms with Crippen molar-refractivity contribution >= 4 is 22.0 Å². The van der Waals surface area contributed by atoms with Crippen LogP contribution in [0.5, 0.6) is 0 Å². The van der Waals surface area contributed by atoms with Crippen LogP contribution >= 0.6 is 15.9 Å². The number of ether oxygens (including phenoxy) is 1. The zero-order chi connectivity index (χ0) is 16.5. The lowest BCUT2D eigenvalue weighted by molar-refractivity contribution is 0.136. The SMILES string of the molecule is CCC/C=C(Br)\C=C1/CC[C@H](NC(=O)OCc2ccccc2)C1. The lowest BCUT2D eigenvalue weighted by Gasteiger charge is -2.12. The first kappa shape index (κ1) is 17.8. The van der Waals surface area contributed by atoms with Crippen molar-refractivity contribution in [3.05, 3.63) is 58.1 Å². The average Bonchev–Trinajstić information content (AvgIpc) is 2.98. The highest BCUT2D eigenvalue weighted by atomic mass is 79.9. The first-order valence-electron chi connectivity index (χ1n) is 8.19. The van der Waals surface area contributed by atoms with Crippen LogP contribution in [0, 0.1) is 0 Å². The van der Waals surface area contributed by atoms with Crippen molar-refractivity contribution in [2.45, 2.75) is 51.7 Å². The zero-order valence-electron chi connectivity index (χ0n) is 13.6. The van der Waals surface area contributed by atoms with E-state index >= 15 is 0 Å². The molecule has 4 heteroatoms. The first-order valence-corrected chi connectivity index (χ1v) is 8.99. The molecule has 0 radical (unpaired) electrons. The maximum absolute atomic E-state index is 11.9. The van der Waals surface area contributed by atoms with Gasteiger partial charge in [-0.1, -0.05) is 71.3 Å². The smallest absolute Gasteiger partial charge is 0.407 e. The molecule has 23 heavy (non-hydrogen) atoms. The number of carbonyl (C=O) groups excluding carboxylic acids is 1. The van der Waals surface area contributed by atoms with Gasteiger partial charge in [0.15, 0.2) is 0 Å². The Morgan fingerprint density at radius 3 is 2.91 bits per heavy atom. The number of amides is 1. The Morgan fingerprint density at radius 2 is 2.17 bits per heavy atom. The normalized spacial score (nSPS) is 19.8. The fourth-order valence-corrected chi connectivity index (χ4v) is 3.15. The van der Waals surface area contributed by atoms with Gasteiger partial charge in [-0.05, 0) is 37.3 Å². The molecule has 2 rings (SSSR count). The van der Waals surface area contributed by atoms with Crippen LogP contribution in [-0.2, 0) is 11.3 Å². The fraction of sp³-hybridized carbons (Fsp3) is 0.421. The molecule has 0 heterocycles. The fourth-order valence-electron chi connectivity index (χ4n) is 2.60. The number of hydrogen-bond acceptors (Lipinski definition) is 2. The maximum atomic E-state index is 11.9. The number of rotatable bonds is 6. The Labute approximate surface area is 146 Å². The number of allylic oxidation sites excluding steroid dienone is 3. The quantitative estimate of drug-likeness (QED) is 0.713. The highest BCUT2D eigenvalue weighted by Gasteiger charge is 2.21. The van der Waals surface area contributed by atoms with Crippen LogP contribution in [0.15, 0.2) is 52.5 Å². The number of unbranched alkanes of at least 4 members (excludes halogenated alkanes) is 1. The second-order valence-corrected chi connectivity index (χ2v) is 6.74. The molecule has 1 aromatic carbocycles. The van der Waals surface area contributed by atoms with E-state index < -0.39 is 0 Å². The summed E-state index contributed by atoms with van der Waals surface area (Å²) in [6.07, 6.45) is 9.18. The van der Waals surface area contributed by atoms with Crippen LogP contribution in [0.2, 0.25) is 0 Å². The molecule has 0 saturated heterocycles. The summed E-state index contributed by atoms with van der Waals surface area (Å²) in [7, 11) is 0. The number of nitrogens with one attached hydrogen (secondary N) is 1. The van der Waals surface area contributed by atoms with Gasteiger partial charge in [-0.3, -0.25) is 0 Å². The molecule has 1 aliphatic rings. The minimum absolute atomic E-state index is 0.177. The van der Waals surface area contributed by atoms with Gasteiger partial charge in [-0.2, -0.15) is 0 Å². The van der Waals surface area contributed by atoms with Gasteiger partial charge in [0.05, 0.1) is 0 Å². The van der Waals surface area contributed by atoms with Gasteiger partial charge in [0.2, 0.25) is 0 Å². The van der Waals surface area contributed by atoms with Crippen LogP contribution in [0.3, 0.4) is 0 Å². The third-order valence-electron chi connectivity index (χ3n) is 3.83. The van der Waals surface area contributed by atoms with Crippen molar-refractivity contribution in [1.29, 1.82) is 0 Å². The van der Waals surface area contributed by atoms with Gasteiger partial charge in [0, 0.05) is 10.5 Å². The van der Waals surface area contributed by atoms with Gasteiger partial charge in [0.1, 0.15) is 6.61 Å². The molecule has 1 saturated carbocycles. The minimum atomic E-state index is -0.333. The number of halogens is 1.